The lowest BCUT2D eigenvalue weighted by Gasteiger charge is -1.90. The van der Waals surface area contributed by atoms with Gasteiger partial charge in [0.25, 0.3) is 0 Å². The molecular weight excluding hydrogens is 110 g/mol. The summed E-state index contributed by atoms with van der Waals surface area (Å²) in [4.78, 5) is 0. The zero-order chi connectivity index (χ0) is 7.28. The molecular formula is C8H15N. The third-order valence-corrected chi connectivity index (χ3v) is 1.19. The number of hydrogen-bond donors (Lipinski definition) is 1. The Morgan fingerprint density at radius 2 is 1.89 bits per heavy atom. The molecule has 0 radical (unpaired) electrons. The van der Waals surface area contributed by atoms with Crippen LogP contribution in [-0.2, 0) is 0 Å². The van der Waals surface area contributed by atoms with E-state index in [4.69, 9.17) is 5.73 Å². The standard InChI is InChI=1S/C8H15N/c1-4-7(2)5-6-8(3)9/h5-6H,4,9H2,1-3H3/b7-5-,8-6+. The van der Waals surface area contributed by atoms with Gasteiger partial charge in [0, 0.05) is 5.70 Å². The monoisotopic (exact) mass is 125 g/mol. The minimum absolute atomic E-state index is 0.864. The summed E-state index contributed by atoms with van der Waals surface area (Å²) in [7, 11) is 0. The fraction of sp³-hybridized carbons (Fsp3) is 0.500. The molecule has 0 aliphatic heterocycles. The van der Waals surface area contributed by atoms with Crippen LogP contribution in [0, 0.1) is 0 Å². The molecule has 1 nitrogen and oxygen atoms in total. The molecule has 0 aromatic heterocycles. The molecule has 0 aliphatic carbocycles. The van der Waals surface area contributed by atoms with Gasteiger partial charge in [0.2, 0.25) is 0 Å². The van der Waals surface area contributed by atoms with Crippen molar-refractivity contribution in [2.75, 3.05) is 0 Å². The Morgan fingerprint density at radius 1 is 1.33 bits per heavy atom. The van der Waals surface area contributed by atoms with Crippen molar-refractivity contribution >= 4 is 0 Å². The number of rotatable bonds is 2. The first-order chi connectivity index (χ1) is 4.16. The zero-order valence-corrected chi connectivity index (χ0v) is 6.44. The van der Waals surface area contributed by atoms with Crippen LogP contribution in [0.3, 0.4) is 0 Å². The number of allylic oxidation sites excluding steroid dienone is 4. The predicted octanol–water partition coefficient (Wildman–Crippen LogP) is 2.21. The molecule has 0 heterocycles. The predicted molar refractivity (Wildman–Crippen MR) is 42.0 cm³/mol. The van der Waals surface area contributed by atoms with E-state index in [9.17, 15) is 0 Å². The molecule has 1 heteroatoms. The van der Waals surface area contributed by atoms with E-state index in [1.54, 1.807) is 0 Å². The Bertz CT molecular complexity index is 128. The molecule has 0 unspecified atom stereocenters. The molecule has 0 fully saturated rings. The van der Waals surface area contributed by atoms with Gasteiger partial charge in [-0.15, -0.1) is 0 Å². The first-order valence-corrected chi connectivity index (χ1v) is 3.26. The molecule has 0 saturated heterocycles. The summed E-state index contributed by atoms with van der Waals surface area (Å²) in [5.74, 6) is 0. The second-order valence-corrected chi connectivity index (χ2v) is 2.28. The highest BCUT2D eigenvalue weighted by Gasteiger charge is 1.78. The molecule has 0 amide bonds. The summed E-state index contributed by atoms with van der Waals surface area (Å²) in [6.45, 7) is 6.12. The van der Waals surface area contributed by atoms with Gasteiger partial charge in [0.1, 0.15) is 0 Å². The van der Waals surface area contributed by atoms with Gasteiger partial charge in [-0.1, -0.05) is 18.6 Å². The van der Waals surface area contributed by atoms with Crippen LogP contribution in [-0.4, -0.2) is 0 Å². The van der Waals surface area contributed by atoms with E-state index in [0.717, 1.165) is 12.1 Å². The van der Waals surface area contributed by atoms with Crippen molar-refractivity contribution < 1.29 is 0 Å². The van der Waals surface area contributed by atoms with Crippen molar-refractivity contribution in [1.29, 1.82) is 0 Å². The Kier molecular flexibility index (Phi) is 3.85. The first-order valence-electron chi connectivity index (χ1n) is 3.26. The highest BCUT2D eigenvalue weighted by Crippen LogP contribution is 1.97. The lowest BCUT2D eigenvalue weighted by atomic mass is 10.2. The summed E-state index contributed by atoms with van der Waals surface area (Å²) in [6, 6.07) is 0. The molecule has 52 valence electrons. The molecule has 0 aromatic carbocycles. The second-order valence-electron chi connectivity index (χ2n) is 2.28. The maximum Gasteiger partial charge on any atom is 0.00488 e. The van der Waals surface area contributed by atoms with Crippen molar-refractivity contribution in [3.8, 4) is 0 Å². The molecule has 2 N–H and O–H groups in total. The van der Waals surface area contributed by atoms with Gasteiger partial charge in [-0.3, -0.25) is 0 Å². The summed E-state index contributed by atoms with van der Waals surface area (Å²) in [5.41, 5.74) is 7.64. The zero-order valence-electron chi connectivity index (χ0n) is 6.44. The molecule has 0 rings (SSSR count). The maximum atomic E-state index is 5.41. The lowest BCUT2D eigenvalue weighted by molar-refractivity contribution is 1.10. The van der Waals surface area contributed by atoms with Crippen LogP contribution >= 0.6 is 0 Å². The van der Waals surface area contributed by atoms with Gasteiger partial charge in [0.15, 0.2) is 0 Å². The van der Waals surface area contributed by atoms with E-state index in [0.29, 0.717) is 0 Å². The minimum Gasteiger partial charge on any atom is -0.402 e. The first kappa shape index (κ1) is 8.28. The van der Waals surface area contributed by atoms with Gasteiger partial charge < -0.3 is 5.73 Å². The lowest BCUT2D eigenvalue weighted by Crippen LogP contribution is -1.88. The molecule has 9 heavy (non-hydrogen) atoms. The van der Waals surface area contributed by atoms with Crippen molar-refractivity contribution in [2.24, 2.45) is 5.73 Å². The third kappa shape index (κ3) is 5.15. The third-order valence-electron chi connectivity index (χ3n) is 1.19. The summed E-state index contributed by atoms with van der Waals surface area (Å²) in [6.07, 6.45) is 5.08. The minimum atomic E-state index is 0.864. The molecule has 0 atom stereocenters. The van der Waals surface area contributed by atoms with E-state index in [-0.39, 0.29) is 0 Å². The van der Waals surface area contributed by atoms with Gasteiger partial charge in [-0.05, 0) is 26.3 Å². The van der Waals surface area contributed by atoms with Crippen molar-refractivity contribution in [3.05, 3.63) is 23.4 Å². The van der Waals surface area contributed by atoms with Gasteiger partial charge in [0.05, 0.1) is 0 Å². The number of nitrogens with two attached hydrogens (primary N) is 1. The Morgan fingerprint density at radius 3 is 2.22 bits per heavy atom. The van der Waals surface area contributed by atoms with Crippen molar-refractivity contribution in [3.63, 3.8) is 0 Å². The Labute approximate surface area is 57.3 Å². The van der Waals surface area contributed by atoms with E-state index < -0.39 is 0 Å². The van der Waals surface area contributed by atoms with Crippen LogP contribution in [0.2, 0.25) is 0 Å². The van der Waals surface area contributed by atoms with Gasteiger partial charge in [-0.2, -0.15) is 0 Å². The highest BCUT2D eigenvalue weighted by molar-refractivity contribution is 5.12. The van der Waals surface area contributed by atoms with Crippen LogP contribution in [0.15, 0.2) is 23.4 Å². The van der Waals surface area contributed by atoms with Crippen molar-refractivity contribution in [1.82, 2.24) is 0 Å². The topological polar surface area (TPSA) is 26.0 Å². The fourth-order valence-corrected chi connectivity index (χ4v) is 0.392. The highest BCUT2D eigenvalue weighted by atomic mass is 14.5. The Balaban J connectivity index is 3.83. The van der Waals surface area contributed by atoms with Crippen LogP contribution < -0.4 is 5.73 Å². The summed E-state index contributed by atoms with van der Waals surface area (Å²) >= 11 is 0. The SMILES string of the molecule is CC/C(C)=C\C=C(/C)N. The molecule has 0 aliphatic rings. The summed E-state index contributed by atoms with van der Waals surface area (Å²) in [5, 5.41) is 0. The van der Waals surface area contributed by atoms with Crippen molar-refractivity contribution in [2.45, 2.75) is 27.2 Å². The normalized spacial score (nSPS) is 14.1. The average Bonchev–Trinajstić information content (AvgIpc) is 1.83. The van der Waals surface area contributed by atoms with E-state index in [1.807, 2.05) is 13.0 Å². The summed E-state index contributed by atoms with van der Waals surface area (Å²) < 4.78 is 0. The quantitative estimate of drug-likeness (QED) is 0.562. The molecule has 0 bridgehead atoms. The van der Waals surface area contributed by atoms with Crippen LogP contribution in [0.4, 0.5) is 0 Å². The fourth-order valence-electron chi connectivity index (χ4n) is 0.392. The smallest absolute Gasteiger partial charge is 0.00488 e. The average molecular weight is 125 g/mol. The number of hydrogen-bond acceptors (Lipinski definition) is 1. The Hall–Kier alpha value is -0.720. The van der Waals surface area contributed by atoms with E-state index in [1.165, 1.54) is 5.57 Å². The van der Waals surface area contributed by atoms with Gasteiger partial charge >= 0.3 is 0 Å². The maximum absolute atomic E-state index is 5.41. The largest absolute Gasteiger partial charge is 0.402 e. The van der Waals surface area contributed by atoms with Gasteiger partial charge in [-0.25, -0.2) is 0 Å². The van der Waals surface area contributed by atoms with Crippen LogP contribution in [0.5, 0.6) is 0 Å². The second kappa shape index (κ2) is 4.19. The molecule has 0 aromatic rings. The van der Waals surface area contributed by atoms with Crippen LogP contribution in [0.25, 0.3) is 0 Å². The van der Waals surface area contributed by atoms with Crippen LogP contribution in [0.1, 0.15) is 27.2 Å². The van der Waals surface area contributed by atoms with E-state index >= 15 is 0 Å². The van der Waals surface area contributed by atoms with E-state index in [2.05, 4.69) is 19.9 Å². The molecule has 0 spiro atoms. The molecule has 0 saturated carbocycles.